The molecule has 0 fully saturated rings. The first-order valence-electron chi connectivity index (χ1n) is 9.29. The van der Waals surface area contributed by atoms with Gasteiger partial charge in [-0.3, -0.25) is 9.59 Å². The Balaban J connectivity index is 1.64. The zero-order valence-electron chi connectivity index (χ0n) is 16.7. The zero-order chi connectivity index (χ0) is 20.3. The first-order valence-corrected chi connectivity index (χ1v) is 9.29. The molecule has 1 aliphatic heterocycles. The number of amides is 2. The van der Waals surface area contributed by atoms with Crippen LogP contribution in [0.2, 0.25) is 0 Å². The lowest BCUT2D eigenvalue weighted by atomic mass is 9.95. The van der Waals surface area contributed by atoms with Gasteiger partial charge in [-0.25, -0.2) is 0 Å². The Morgan fingerprint density at radius 2 is 1.82 bits per heavy atom. The summed E-state index contributed by atoms with van der Waals surface area (Å²) >= 11 is 0. The lowest BCUT2D eigenvalue weighted by Gasteiger charge is -2.29. The number of anilines is 1. The summed E-state index contributed by atoms with van der Waals surface area (Å²) in [5.41, 5.74) is 0.600. The van der Waals surface area contributed by atoms with Crippen LogP contribution in [0.4, 0.5) is 5.69 Å². The fraction of sp³-hybridized carbons (Fsp3) is 0.364. The summed E-state index contributed by atoms with van der Waals surface area (Å²) in [6.07, 6.45) is -0.243. The molecule has 0 unspecified atom stereocenters. The van der Waals surface area contributed by atoms with E-state index in [4.69, 9.17) is 9.47 Å². The van der Waals surface area contributed by atoms with Gasteiger partial charge in [0.15, 0.2) is 17.6 Å². The highest BCUT2D eigenvalue weighted by molar-refractivity contribution is 5.98. The summed E-state index contributed by atoms with van der Waals surface area (Å²) < 4.78 is 11.6. The molecule has 6 heteroatoms. The minimum absolute atomic E-state index is 0.100. The molecule has 0 radical (unpaired) electrons. The Morgan fingerprint density at radius 3 is 2.54 bits per heavy atom. The molecule has 3 rings (SSSR count). The van der Waals surface area contributed by atoms with Crippen LogP contribution in [0.5, 0.6) is 11.5 Å². The van der Waals surface area contributed by atoms with Gasteiger partial charge in [-0.15, -0.1) is 0 Å². The Labute approximate surface area is 165 Å². The molecule has 0 bridgehead atoms. The number of carbonyl (C=O) groups is 2. The predicted octanol–water partition coefficient (Wildman–Crippen LogP) is 3.58. The highest BCUT2D eigenvalue weighted by Crippen LogP contribution is 2.31. The second kappa shape index (κ2) is 7.92. The van der Waals surface area contributed by atoms with E-state index in [0.717, 1.165) is 5.75 Å². The number of benzene rings is 2. The first-order chi connectivity index (χ1) is 13.2. The van der Waals surface area contributed by atoms with Gasteiger partial charge in [0.05, 0.1) is 6.54 Å². The maximum absolute atomic E-state index is 12.8. The molecule has 0 saturated heterocycles. The summed E-state index contributed by atoms with van der Waals surface area (Å²) in [5.74, 6) is 1.16. The van der Waals surface area contributed by atoms with Crippen molar-refractivity contribution in [3.05, 3.63) is 54.1 Å². The van der Waals surface area contributed by atoms with Crippen LogP contribution in [0.15, 0.2) is 48.5 Å². The number of nitrogens with zero attached hydrogens (tertiary/aromatic N) is 1. The molecule has 1 atom stereocenters. The Hall–Kier alpha value is -3.02. The van der Waals surface area contributed by atoms with Crippen LogP contribution < -0.4 is 14.8 Å². The second-order valence-electron chi connectivity index (χ2n) is 7.97. The standard InChI is InChI=1S/C22H26N2O4/c1-22(2,3)21(26)23-16-9-7-8-15(12-16)20(25)24(4)13-17-14-27-18-10-5-6-11-19(18)28-17/h5-12,17H,13-14H2,1-4H3,(H,23,26)/t17-/m1/s1. The Bertz CT molecular complexity index is 873. The van der Waals surface area contributed by atoms with Crippen LogP contribution in [-0.2, 0) is 4.79 Å². The van der Waals surface area contributed by atoms with Crippen LogP contribution in [0.25, 0.3) is 0 Å². The molecule has 1 aliphatic rings. The van der Waals surface area contributed by atoms with Crippen molar-refractivity contribution in [3.8, 4) is 11.5 Å². The van der Waals surface area contributed by atoms with Crippen molar-refractivity contribution in [1.82, 2.24) is 4.90 Å². The van der Waals surface area contributed by atoms with Crippen molar-refractivity contribution in [2.75, 3.05) is 25.5 Å². The number of hydrogen-bond acceptors (Lipinski definition) is 4. The van der Waals surface area contributed by atoms with Crippen molar-refractivity contribution in [2.24, 2.45) is 5.41 Å². The number of likely N-dealkylation sites (N-methyl/N-ethyl adjacent to an activating group) is 1. The molecule has 2 aromatic rings. The van der Waals surface area contributed by atoms with E-state index in [2.05, 4.69) is 5.32 Å². The maximum Gasteiger partial charge on any atom is 0.253 e. The van der Waals surface area contributed by atoms with E-state index in [1.807, 2.05) is 45.0 Å². The fourth-order valence-electron chi connectivity index (χ4n) is 2.81. The van der Waals surface area contributed by atoms with E-state index in [1.165, 1.54) is 0 Å². The molecular weight excluding hydrogens is 356 g/mol. The summed E-state index contributed by atoms with van der Waals surface area (Å²) in [6.45, 7) is 6.31. The Morgan fingerprint density at radius 1 is 1.11 bits per heavy atom. The molecule has 0 aliphatic carbocycles. The predicted molar refractivity (Wildman–Crippen MR) is 108 cm³/mol. The van der Waals surface area contributed by atoms with Crippen molar-refractivity contribution in [3.63, 3.8) is 0 Å². The van der Waals surface area contributed by atoms with E-state index < -0.39 is 5.41 Å². The molecule has 6 nitrogen and oxygen atoms in total. The Kier molecular flexibility index (Phi) is 5.58. The molecule has 28 heavy (non-hydrogen) atoms. The quantitative estimate of drug-likeness (QED) is 0.878. The third-order valence-electron chi connectivity index (χ3n) is 4.44. The lowest BCUT2D eigenvalue weighted by Crippen LogP contribution is -2.41. The molecule has 148 valence electrons. The van der Waals surface area contributed by atoms with Crippen molar-refractivity contribution >= 4 is 17.5 Å². The van der Waals surface area contributed by atoms with E-state index in [-0.39, 0.29) is 17.9 Å². The van der Waals surface area contributed by atoms with Crippen molar-refractivity contribution in [1.29, 1.82) is 0 Å². The van der Waals surface area contributed by atoms with Crippen molar-refractivity contribution < 1.29 is 19.1 Å². The van der Waals surface area contributed by atoms with Crippen LogP contribution in [-0.4, -0.2) is 43.0 Å². The number of ether oxygens (including phenoxy) is 2. The topological polar surface area (TPSA) is 67.9 Å². The van der Waals surface area contributed by atoms with E-state index in [9.17, 15) is 9.59 Å². The molecule has 1 heterocycles. The van der Waals surface area contributed by atoms with E-state index >= 15 is 0 Å². The van der Waals surface area contributed by atoms with Gasteiger partial charge in [0.25, 0.3) is 5.91 Å². The number of hydrogen-bond donors (Lipinski definition) is 1. The number of para-hydroxylation sites is 2. The SMILES string of the molecule is CN(C[C@@H]1COc2ccccc2O1)C(=O)c1cccc(NC(=O)C(C)(C)C)c1. The van der Waals surface area contributed by atoms with Gasteiger partial charge in [0.2, 0.25) is 5.91 Å². The zero-order valence-corrected chi connectivity index (χ0v) is 16.7. The highest BCUT2D eigenvalue weighted by atomic mass is 16.6. The largest absolute Gasteiger partial charge is 0.486 e. The average molecular weight is 382 g/mol. The van der Waals surface area contributed by atoms with Crippen LogP contribution in [0.1, 0.15) is 31.1 Å². The van der Waals surface area contributed by atoms with Gasteiger partial charge < -0.3 is 19.7 Å². The molecular formula is C22H26N2O4. The van der Waals surface area contributed by atoms with Gasteiger partial charge in [-0.05, 0) is 30.3 Å². The molecule has 2 aromatic carbocycles. The molecule has 0 spiro atoms. The van der Waals surface area contributed by atoms with Gasteiger partial charge in [0.1, 0.15) is 6.61 Å². The minimum atomic E-state index is -0.509. The number of rotatable bonds is 4. The van der Waals surface area contributed by atoms with Crippen molar-refractivity contribution in [2.45, 2.75) is 26.9 Å². The molecule has 1 N–H and O–H groups in total. The second-order valence-corrected chi connectivity index (χ2v) is 7.97. The smallest absolute Gasteiger partial charge is 0.253 e. The number of carbonyl (C=O) groups excluding carboxylic acids is 2. The maximum atomic E-state index is 12.8. The third kappa shape index (κ3) is 4.63. The van der Waals surface area contributed by atoms with Gasteiger partial charge in [-0.2, -0.15) is 0 Å². The van der Waals surface area contributed by atoms with Crippen LogP contribution in [0, 0.1) is 5.41 Å². The van der Waals surface area contributed by atoms with Crippen LogP contribution >= 0.6 is 0 Å². The fourth-order valence-corrected chi connectivity index (χ4v) is 2.81. The van der Waals surface area contributed by atoms with Gasteiger partial charge in [-0.1, -0.05) is 39.0 Å². The average Bonchev–Trinajstić information content (AvgIpc) is 2.66. The minimum Gasteiger partial charge on any atom is -0.486 e. The summed E-state index contributed by atoms with van der Waals surface area (Å²) in [6, 6.07) is 14.4. The summed E-state index contributed by atoms with van der Waals surface area (Å²) in [5, 5.41) is 2.85. The summed E-state index contributed by atoms with van der Waals surface area (Å²) in [7, 11) is 1.73. The van der Waals surface area contributed by atoms with E-state index in [1.54, 1.807) is 36.2 Å². The van der Waals surface area contributed by atoms with E-state index in [0.29, 0.717) is 30.2 Å². The first kappa shape index (κ1) is 19.7. The summed E-state index contributed by atoms with van der Waals surface area (Å²) in [4.78, 5) is 26.6. The van der Waals surface area contributed by atoms with Gasteiger partial charge >= 0.3 is 0 Å². The van der Waals surface area contributed by atoms with Crippen LogP contribution in [0.3, 0.4) is 0 Å². The normalized spacial score (nSPS) is 15.6. The molecule has 0 aromatic heterocycles. The lowest BCUT2D eigenvalue weighted by molar-refractivity contribution is -0.123. The molecule has 0 saturated carbocycles. The monoisotopic (exact) mass is 382 g/mol. The third-order valence-corrected chi connectivity index (χ3v) is 4.44. The molecule has 2 amide bonds. The van der Waals surface area contributed by atoms with Gasteiger partial charge in [0, 0.05) is 23.7 Å². The highest BCUT2D eigenvalue weighted by Gasteiger charge is 2.25. The number of nitrogens with one attached hydrogen (secondary N) is 1. The number of fused-ring (bicyclic) bond motifs is 1.